The smallest absolute Gasteiger partial charge is 0.300 e. The number of Topliss-reactive ketones (excluding diaryl/α,β-unsaturated/α-hetero) is 1. The second-order valence-corrected chi connectivity index (χ2v) is 10.0. The maximum atomic E-state index is 13.4. The molecule has 180 valence electrons. The number of ether oxygens (including phenoxy) is 1. The molecule has 4 rings (SSSR count). The fraction of sp³-hybridized carbons (Fsp3) is 0.267. The molecular weight excluding hydrogens is 438 g/mol. The van der Waals surface area contributed by atoms with Crippen LogP contribution in [0.25, 0.3) is 5.76 Å². The molecular formula is C30H31NO4. The maximum absolute atomic E-state index is 13.4. The van der Waals surface area contributed by atoms with E-state index in [2.05, 4.69) is 20.8 Å². The van der Waals surface area contributed by atoms with Crippen molar-refractivity contribution in [2.45, 2.75) is 46.1 Å². The average Bonchev–Trinajstić information content (AvgIpc) is 3.10. The van der Waals surface area contributed by atoms with Crippen molar-refractivity contribution in [1.82, 2.24) is 0 Å². The number of hydrogen-bond donors (Lipinski definition) is 1. The third-order valence-corrected chi connectivity index (χ3v) is 6.57. The van der Waals surface area contributed by atoms with Gasteiger partial charge < -0.3 is 9.84 Å². The molecule has 1 N–H and O–H groups in total. The number of amides is 1. The number of benzene rings is 3. The number of methoxy groups -OCH3 is 1. The minimum atomic E-state index is -0.756. The van der Waals surface area contributed by atoms with Crippen LogP contribution in [0, 0.1) is 13.8 Å². The molecule has 35 heavy (non-hydrogen) atoms. The number of rotatable bonds is 4. The van der Waals surface area contributed by atoms with Crippen LogP contribution in [-0.4, -0.2) is 23.9 Å². The van der Waals surface area contributed by atoms with Gasteiger partial charge in [-0.15, -0.1) is 0 Å². The molecule has 0 spiro atoms. The summed E-state index contributed by atoms with van der Waals surface area (Å²) < 4.78 is 5.40. The lowest BCUT2D eigenvalue weighted by molar-refractivity contribution is -0.132. The Balaban J connectivity index is 1.95. The van der Waals surface area contributed by atoms with Crippen LogP contribution in [0.2, 0.25) is 0 Å². The van der Waals surface area contributed by atoms with Crippen molar-refractivity contribution in [3.63, 3.8) is 0 Å². The highest BCUT2D eigenvalue weighted by molar-refractivity contribution is 6.51. The largest absolute Gasteiger partial charge is 0.507 e. The Morgan fingerprint density at radius 2 is 1.54 bits per heavy atom. The molecule has 1 saturated heterocycles. The predicted molar refractivity (Wildman–Crippen MR) is 139 cm³/mol. The number of aryl methyl sites for hydroxylation is 2. The molecule has 0 radical (unpaired) electrons. The third-order valence-electron chi connectivity index (χ3n) is 6.57. The lowest BCUT2D eigenvalue weighted by atomic mass is 9.85. The van der Waals surface area contributed by atoms with Crippen molar-refractivity contribution in [3.8, 4) is 5.75 Å². The van der Waals surface area contributed by atoms with Crippen LogP contribution >= 0.6 is 0 Å². The summed E-state index contributed by atoms with van der Waals surface area (Å²) in [5.74, 6) is -0.859. The molecule has 5 heteroatoms. The van der Waals surface area contributed by atoms with Crippen LogP contribution in [0.3, 0.4) is 0 Å². The number of ketones is 1. The van der Waals surface area contributed by atoms with Gasteiger partial charge in [-0.3, -0.25) is 14.5 Å². The van der Waals surface area contributed by atoms with Crippen LogP contribution in [0.4, 0.5) is 5.69 Å². The minimum absolute atomic E-state index is 0.0441. The average molecular weight is 470 g/mol. The van der Waals surface area contributed by atoms with Gasteiger partial charge in [0.15, 0.2) is 0 Å². The highest BCUT2D eigenvalue weighted by Crippen LogP contribution is 2.43. The molecule has 1 unspecified atom stereocenters. The van der Waals surface area contributed by atoms with Gasteiger partial charge in [0.2, 0.25) is 0 Å². The molecule has 1 amide bonds. The molecule has 0 saturated carbocycles. The molecule has 5 nitrogen and oxygen atoms in total. The number of carbonyl (C=O) groups excluding carboxylic acids is 2. The van der Waals surface area contributed by atoms with Gasteiger partial charge in [-0.25, -0.2) is 0 Å². The standard InChI is InChI=1S/C30H31NO4/c1-18-17-24(35-6)19(2)16-23(18)27(32)25-26(20-12-14-21(15-13-20)30(3,4)5)31(29(34)28(25)33)22-10-8-7-9-11-22/h7-17,26,32H,1-6H3/b27-25+. The summed E-state index contributed by atoms with van der Waals surface area (Å²) in [5, 5.41) is 11.5. The number of para-hydroxylation sites is 1. The molecule has 1 fully saturated rings. The van der Waals surface area contributed by atoms with Crippen LogP contribution in [0.5, 0.6) is 5.75 Å². The van der Waals surface area contributed by atoms with Crippen molar-refractivity contribution in [1.29, 1.82) is 0 Å². The highest BCUT2D eigenvalue weighted by Gasteiger charge is 2.47. The maximum Gasteiger partial charge on any atom is 0.300 e. The summed E-state index contributed by atoms with van der Waals surface area (Å²) in [7, 11) is 1.59. The van der Waals surface area contributed by atoms with Crippen molar-refractivity contribution in [2.24, 2.45) is 0 Å². The van der Waals surface area contributed by atoms with Crippen molar-refractivity contribution in [3.05, 3.63) is 100 Å². The zero-order valence-corrected chi connectivity index (χ0v) is 21.0. The van der Waals surface area contributed by atoms with Gasteiger partial charge in [-0.1, -0.05) is 63.2 Å². The molecule has 1 heterocycles. The first-order valence-electron chi connectivity index (χ1n) is 11.7. The molecule has 1 aliphatic heterocycles. The summed E-state index contributed by atoms with van der Waals surface area (Å²) in [6.07, 6.45) is 0. The third kappa shape index (κ3) is 4.34. The van der Waals surface area contributed by atoms with E-state index in [0.29, 0.717) is 17.0 Å². The summed E-state index contributed by atoms with van der Waals surface area (Å²) in [6, 6.07) is 19.9. The Kier molecular flexibility index (Phi) is 6.28. The topological polar surface area (TPSA) is 66.8 Å². The van der Waals surface area contributed by atoms with Gasteiger partial charge >= 0.3 is 0 Å². The summed E-state index contributed by atoms with van der Waals surface area (Å²) in [5.41, 5.74) is 4.60. The van der Waals surface area contributed by atoms with Gasteiger partial charge in [0.1, 0.15) is 11.5 Å². The van der Waals surface area contributed by atoms with E-state index in [9.17, 15) is 14.7 Å². The SMILES string of the molecule is COc1cc(C)c(/C(O)=C2\C(=O)C(=O)N(c3ccccc3)C2c2ccc(C(C)(C)C)cc2)cc1C. The van der Waals surface area contributed by atoms with Crippen LogP contribution in [0.15, 0.2) is 72.3 Å². The zero-order valence-electron chi connectivity index (χ0n) is 21.0. The van der Waals surface area contributed by atoms with E-state index >= 15 is 0 Å². The lowest BCUT2D eigenvalue weighted by Gasteiger charge is -2.26. The van der Waals surface area contributed by atoms with Gasteiger partial charge in [0.25, 0.3) is 11.7 Å². The first-order valence-corrected chi connectivity index (χ1v) is 11.7. The lowest BCUT2D eigenvalue weighted by Crippen LogP contribution is -2.29. The van der Waals surface area contributed by atoms with E-state index in [1.165, 1.54) is 4.90 Å². The second-order valence-electron chi connectivity index (χ2n) is 10.0. The first kappa shape index (κ1) is 24.3. The van der Waals surface area contributed by atoms with Crippen LogP contribution < -0.4 is 9.64 Å². The quantitative estimate of drug-likeness (QED) is 0.279. The Morgan fingerprint density at radius 1 is 0.914 bits per heavy atom. The van der Waals surface area contributed by atoms with Crippen LogP contribution in [-0.2, 0) is 15.0 Å². The molecule has 1 atom stereocenters. The van der Waals surface area contributed by atoms with Gasteiger partial charge in [0.05, 0.1) is 18.7 Å². The number of anilines is 1. The number of carbonyl (C=O) groups is 2. The highest BCUT2D eigenvalue weighted by atomic mass is 16.5. The molecule has 1 aliphatic rings. The number of nitrogens with zero attached hydrogens (tertiary/aromatic N) is 1. The predicted octanol–water partition coefficient (Wildman–Crippen LogP) is 6.24. The number of aliphatic hydroxyl groups excluding tert-OH is 1. The van der Waals surface area contributed by atoms with Gasteiger partial charge in [-0.2, -0.15) is 0 Å². The Morgan fingerprint density at radius 3 is 2.11 bits per heavy atom. The number of aliphatic hydroxyl groups is 1. The molecule has 0 aliphatic carbocycles. The normalized spacial score (nSPS) is 17.7. The van der Waals surface area contributed by atoms with E-state index in [4.69, 9.17) is 4.74 Å². The monoisotopic (exact) mass is 469 g/mol. The van der Waals surface area contributed by atoms with E-state index in [1.54, 1.807) is 25.3 Å². The number of hydrogen-bond acceptors (Lipinski definition) is 4. The van der Waals surface area contributed by atoms with Gasteiger partial charge in [-0.05, 0) is 65.8 Å². The summed E-state index contributed by atoms with van der Waals surface area (Å²) >= 11 is 0. The summed E-state index contributed by atoms with van der Waals surface area (Å²) in [4.78, 5) is 28.2. The summed E-state index contributed by atoms with van der Waals surface area (Å²) in [6.45, 7) is 10.1. The van der Waals surface area contributed by atoms with Crippen LogP contribution in [0.1, 0.15) is 54.6 Å². The molecule has 3 aromatic carbocycles. The fourth-order valence-electron chi connectivity index (χ4n) is 4.58. The fourth-order valence-corrected chi connectivity index (χ4v) is 4.58. The minimum Gasteiger partial charge on any atom is -0.507 e. The Bertz CT molecular complexity index is 1310. The molecule has 3 aromatic rings. The molecule has 0 bridgehead atoms. The van der Waals surface area contributed by atoms with Crippen molar-refractivity contribution >= 4 is 23.1 Å². The molecule has 0 aromatic heterocycles. The van der Waals surface area contributed by atoms with E-state index in [0.717, 1.165) is 22.3 Å². The first-order chi connectivity index (χ1) is 16.5. The van der Waals surface area contributed by atoms with Gasteiger partial charge in [0, 0.05) is 11.3 Å². The van der Waals surface area contributed by atoms with Crippen molar-refractivity contribution in [2.75, 3.05) is 12.0 Å². The van der Waals surface area contributed by atoms with Crippen molar-refractivity contribution < 1.29 is 19.4 Å². The van der Waals surface area contributed by atoms with E-state index < -0.39 is 17.7 Å². The van der Waals surface area contributed by atoms with E-state index in [-0.39, 0.29) is 16.7 Å². The zero-order chi connectivity index (χ0) is 25.5. The second kappa shape index (κ2) is 9.06. The Labute approximate surface area is 206 Å². The Hall–Kier alpha value is -3.86. The van der Waals surface area contributed by atoms with E-state index in [1.807, 2.05) is 62.4 Å².